The second kappa shape index (κ2) is 5.10. The van der Waals surface area contributed by atoms with Crippen molar-refractivity contribution >= 4 is 7.12 Å². The molecule has 21 heavy (non-hydrogen) atoms. The molecule has 0 saturated carbocycles. The van der Waals surface area contributed by atoms with E-state index < -0.39 is 0 Å². The van der Waals surface area contributed by atoms with Gasteiger partial charge in [-0.3, -0.25) is 0 Å². The van der Waals surface area contributed by atoms with Crippen LogP contribution in [0.2, 0.25) is 0 Å². The summed E-state index contributed by atoms with van der Waals surface area (Å²) in [6, 6.07) is 6.67. The average molecular weight is 292 g/mol. The zero-order valence-corrected chi connectivity index (χ0v) is 14.2. The Morgan fingerprint density at radius 1 is 1.00 bits per heavy atom. The van der Waals surface area contributed by atoms with E-state index in [9.17, 15) is 4.39 Å². The van der Waals surface area contributed by atoms with Crippen LogP contribution in [-0.2, 0) is 14.6 Å². The highest BCUT2D eigenvalue weighted by Gasteiger charge is 2.59. The highest BCUT2D eigenvalue weighted by Crippen LogP contribution is 2.45. The van der Waals surface area contributed by atoms with E-state index in [1.165, 1.54) is 12.1 Å². The van der Waals surface area contributed by atoms with Crippen molar-refractivity contribution in [3.05, 3.63) is 35.6 Å². The fourth-order valence-corrected chi connectivity index (χ4v) is 2.64. The first-order valence-electron chi connectivity index (χ1n) is 7.62. The second-order valence-corrected chi connectivity index (χ2v) is 7.53. The van der Waals surface area contributed by atoms with Crippen LogP contribution >= 0.6 is 0 Å². The van der Waals surface area contributed by atoms with E-state index in [0.29, 0.717) is 0 Å². The van der Waals surface area contributed by atoms with Gasteiger partial charge in [0.15, 0.2) is 0 Å². The maximum atomic E-state index is 13.2. The molecule has 2 rings (SSSR count). The van der Waals surface area contributed by atoms with Gasteiger partial charge in [-0.2, -0.15) is 0 Å². The predicted molar refractivity (Wildman–Crippen MR) is 84.7 cm³/mol. The van der Waals surface area contributed by atoms with Gasteiger partial charge in [-0.25, -0.2) is 4.39 Å². The van der Waals surface area contributed by atoms with Gasteiger partial charge in [-0.1, -0.05) is 32.9 Å². The fourth-order valence-electron chi connectivity index (χ4n) is 2.64. The maximum Gasteiger partial charge on any atom is 0.469 e. The lowest BCUT2D eigenvalue weighted by molar-refractivity contribution is 0.00578. The van der Waals surface area contributed by atoms with Crippen LogP contribution in [0.25, 0.3) is 0 Å². The molecule has 116 valence electrons. The predicted octanol–water partition coefficient (Wildman–Crippen LogP) is 4.37. The molecular formula is C17H26BFO2. The van der Waals surface area contributed by atoms with Crippen LogP contribution in [0.4, 0.5) is 4.39 Å². The molecule has 0 amide bonds. The van der Waals surface area contributed by atoms with Gasteiger partial charge in [0.1, 0.15) is 5.82 Å². The van der Waals surface area contributed by atoms with Crippen LogP contribution in [0.1, 0.15) is 54.0 Å². The Balaban J connectivity index is 2.43. The molecule has 4 heteroatoms. The first-order valence-corrected chi connectivity index (χ1v) is 7.62. The van der Waals surface area contributed by atoms with Gasteiger partial charge >= 0.3 is 7.12 Å². The van der Waals surface area contributed by atoms with E-state index in [1.807, 2.05) is 12.1 Å². The summed E-state index contributed by atoms with van der Waals surface area (Å²) in [5, 5.41) is -0.335. The molecule has 0 N–H and O–H groups in total. The van der Waals surface area contributed by atoms with Crippen LogP contribution < -0.4 is 0 Å². The summed E-state index contributed by atoms with van der Waals surface area (Å²) in [5.41, 5.74) is 0.305. The molecule has 1 atom stereocenters. The summed E-state index contributed by atoms with van der Waals surface area (Å²) < 4.78 is 25.8. The van der Waals surface area contributed by atoms with Crippen molar-refractivity contribution < 1.29 is 13.7 Å². The van der Waals surface area contributed by atoms with Gasteiger partial charge in [0.2, 0.25) is 0 Å². The van der Waals surface area contributed by atoms with Crippen molar-refractivity contribution in [1.29, 1.82) is 0 Å². The molecule has 2 nitrogen and oxygen atoms in total. The topological polar surface area (TPSA) is 18.5 Å². The van der Waals surface area contributed by atoms with E-state index >= 15 is 0 Å². The highest BCUT2D eigenvalue weighted by atomic mass is 19.1. The lowest BCUT2D eigenvalue weighted by Crippen LogP contribution is -2.47. The van der Waals surface area contributed by atoms with Crippen molar-refractivity contribution in [3.8, 4) is 0 Å². The summed E-state index contributed by atoms with van der Waals surface area (Å²) in [6.45, 7) is 14.6. The molecule has 0 bridgehead atoms. The Kier molecular flexibility index (Phi) is 4.01. The van der Waals surface area contributed by atoms with Gasteiger partial charge in [0.25, 0.3) is 0 Å². The molecule has 1 aliphatic heterocycles. The summed E-state index contributed by atoms with van der Waals surface area (Å²) in [6.07, 6.45) is 0. The summed E-state index contributed by atoms with van der Waals surface area (Å²) in [4.78, 5) is 0. The third-order valence-electron chi connectivity index (χ3n) is 5.41. The van der Waals surface area contributed by atoms with Gasteiger partial charge in [-0.15, -0.1) is 0 Å². The van der Waals surface area contributed by atoms with E-state index in [1.54, 1.807) is 0 Å². The van der Waals surface area contributed by atoms with Crippen molar-refractivity contribution in [3.63, 3.8) is 0 Å². The van der Waals surface area contributed by atoms with E-state index in [4.69, 9.17) is 9.31 Å². The minimum atomic E-state index is -0.367. The Morgan fingerprint density at radius 3 is 1.81 bits per heavy atom. The van der Waals surface area contributed by atoms with Crippen molar-refractivity contribution in [2.75, 3.05) is 0 Å². The molecule has 1 aromatic carbocycles. The molecule has 1 aliphatic rings. The van der Waals surface area contributed by atoms with Gasteiger partial charge in [0, 0.05) is 5.31 Å². The summed E-state index contributed by atoms with van der Waals surface area (Å²) >= 11 is 0. The first kappa shape index (κ1) is 16.5. The molecule has 1 heterocycles. The zero-order valence-electron chi connectivity index (χ0n) is 14.2. The standard InChI is InChI=1S/C17H26BFO2/c1-12(2)17(7,13-8-10-14(19)11-9-13)18-20-15(3,4)16(5,6)21-18/h8-12H,1-7H3. The smallest absolute Gasteiger partial charge is 0.403 e. The number of benzene rings is 1. The van der Waals surface area contributed by atoms with Crippen LogP contribution in [0.15, 0.2) is 24.3 Å². The zero-order chi connectivity index (χ0) is 16.1. The maximum absolute atomic E-state index is 13.2. The Morgan fingerprint density at radius 2 is 1.43 bits per heavy atom. The second-order valence-electron chi connectivity index (χ2n) is 7.53. The van der Waals surface area contributed by atoms with Crippen molar-refractivity contribution in [2.45, 2.75) is 65.0 Å². The minimum Gasteiger partial charge on any atom is -0.403 e. The molecule has 0 aliphatic carbocycles. The highest BCUT2D eigenvalue weighted by molar-refractivity contribution is 6.49. The number of halogens is 1. The molecule has 0 spiro atoms. The van der Waals surface area contributed by atoms with Crippen molar-refractivity contribution in [1.82, 2.24) is 0 Å². The monoisotopic (exact) mass is 292 g/mol. The molecular weight excluding hydrogens is 266 g/mol. The third-order valence-corrected chi connectivity index (χ3v) is 5.41. The summed E-state index contributed by atoms with van der Waals surface area (Å²) in [7, 11) is -0.354. The molecule has 1 unspecified atom stereocenters. The van der Waals surface area contributed by atoms with E-state index in [2.05, 4.69) is 48.5 Å². The van der Waals surface area contributed by atoms with Crippen LogP contribution in [-0.4, -0.2) is 18.3 Å². The first-order chi connectivity index (χ1) is 9.50. The average Bonchev–Trinajstić information content (AvgIpc) is 2.58. The Hall–Kier alpha value is -0.865. The Labute approximate surface area is 128 Å². The van der Waals surface area contributed by atoms with Gasteiger partial charge < -0.3 is 9.31 Å². The molecule has 1 saturated heterocycles. The Bertz CT molecular complexity index is 494. The molecule has 1 aromatic rings. The fraction of sp³-hybridized carbons (Fsp3) is 0.647. The molecule has 1 fully saturated rings. The van der Waals surface area contributed by atoms with Crippen molar-refractivity contribution in [2.24, 2.45) is 5.92 Å². The molecule has 0 radical (unpaired) electrons. The van der Waals surface area contributed by atoms with Crippen LogP contribution in [0, 0.1) is 11.7 Å². The van der Waals surface area contributed by atoms with E-state index in [0.717, 1.165) is 5.56 Å². The SMILES string of the molecule is CC(C)C(C)(B1OC(C)(C)C(C)(C)O1)c1ccc(F)cc1. The van der Waals surface area contributed by atoms with E-state index in [-0.39, 0.29) is 35.4 Å². The minimum absolute atomic E-state index is 0.223. The van der Waals surface area contributed by atoms with Gasteiger partial charge in [0.05, 0.1) is 11.2 Å². The van der Waals surface area contributed by atoms with Crippen LogP contribution in [0.3, 0.4) is 0 Å². The lowest BCUT2D eigenvalue weighted by Gasteiger charge is -2.36. The largest absolute Gasteiger partial charge is 0.469 e. The number of hydrogen-bond donors (Lipinski definition) is 0. The number of rotatable bonds is 3. The normalized spacial score (nSPS) is 23.4. The molecule has 0 aromatic heterocycles. The lowest BCUT2D eigenvalue weighted by atomic mass is 9.50. The van der Waals surface area contributed by atoms with Crippen LogP contribution in [0.5, 0.6) is 0 Å². The van der Waals surface area contributed by atoms with Gasteiger partial charge in [-0.05, 0) is 51.3 Å². The summed E-state index contributed by atoms with van der Waals surface area (Å²) in [5.74, 6) is 0.0661. The number of hydrogen-bond acceptors (Lipinski definition) is 2. The quantitative estimate of drug-likeness (QED) is 0.770. The third kappa shape index (κ3) is 2.64.